The molecule has 3 aromatic rings. The number of nitrogens with one attached hydrogen (secondary N) is 1. The van der Waals surface area contributed by atoms with Crippen molar-refractivity contribution < 1.29 is 8.42 Å². The maximum absolute atomic E-state index is 13.0. The van der Waals surface area contributed by atoms with Crippen LogP contribution in [0.3, 0.4) is 0 Å². The number of aromatic nitrogens is 1. The Labute approximate surface area is 139 Å². The third-order valence-electron chi connectivity index (χ3n) is 4.37. The lowest BCUT2D eigenvalue weighted by atomic mass is 10.1. The third kappa shape index (κ3) is 2.51. The Balaban J connectivity index is 1.91. The normalized spacial score (nSPS) is 19.2. The largest absolute Gasteiger partial charge is 0.330 e. The predicted octanol–water partition coefficient (Wildman–Crippen LogP) is 3.81. The Bertz CT molecular complexity index is 921. The van der Waals surface area contributed by atoms with Crippen LogP contribution < -0.4 is 5.32 Å². The topological polar surface area (TPSA) is 51.1 Å². The Kier molecular flexibility index (Phi) is 3.75. The van der Waals surface area contributed by atoms with Crippen molar-refractivity contribution in [2.45, 2.75) is 34.5 Å². The van der Waals surface area contributed by atoms with E-state index in [1.54, 1.807) is 17.5 Å². The number of piperidine rings is 1. The van der Waals surface area contributed by atoms with Gasteiger partial charge in [0.1, 0.15) is 4.21 Å². The average Bonchev–Trinajstić information content (AvgIpc) is 3.24. The summed E-state index contributed by atoms with van der Waals surface area (Å²) in [5, 5.41) is 6.10. The molecule has 1 aromatic carbocycles. The van der Waals surface area contributed by atoms with Crippen LogP contribution in [0.25, 0.3) is 10.9 Å². The van der Waals surface area contributed by atoms with Crippen LogP contribution in [-0.2, 0) is 9.84 Å². The van der Waals surface area contributed by atoms with Crippen molar-refractivity contribution in [3.05, 3.63) is 48.0 Å². The number of para-hydroxylation sites is 1. The molecule has 120 valence electrons. The van der Waals surface area contributed by atoms with Gasteiger partial charge >= 0.3 is 0 Å². The second-order valence-corrected chi connectivity index (χ2v) is 8.91. The third-order valence-corrected chi connectivity index (χ3v) is 7.55. The molecule has 0 bridgehead atoms. The summed E-state index contributed by atoms with van der Waals surface area (Å²) in [6.07, 6.45) is 5.34. The highest BCUT2D eigenvalue weighted by atomic mass is 32.2. The Morgan fingerprint density at radius 2 is 2.00 bits per heavy atom. The van der Waals surface area contributed by atoms with Gasteiger partial charge in [0.05, 0.1) is 16.6 Å². The highest BCUT2D eigenvalue weighted by Gasteiger charge is 2.26. The molecule has 4 nitrogen and oxygen atoms in total. The van der Waals surface area contributed by atoms with E-state index in [1.807, 2.05) is 30.5 Å². The molecule has 23 heavy (non-hydrogen) atoms. The molecule has 0 aliphatic carbocycles. The number of benzene rings is 1. The highest BCUT2D eigenvalue weighted by Crippen LogP contribution is 2.34. The number of nitrogens with zero attached hydrogens (tertiary/aromatic N) is 1. The van der Waals surface area contributed by atoms with Crippen molar-refractivity contribution >= 4 is 32.1 Å². The summed E-state index contributed by atoms with van der Waals surface area (Å²) in [6, 6.07) is 11.2. The smallest absolute Gasteiger partial charge is 0.218 e. The zero-order valence-electron chi connectivity index (χ0n) is 12.6. The van der Waals surface area contributed by atoms with Crippen molar-refractivity contribution in [2.24, 2.45) is 0 Å². The van der Waals surface area contributed by atoms with E-state index >= 15 is 0 Å². The van der Waals surface area contributed by atoms with E-state index in [2.05, 4.69) is 9.88 Å². The van der Waals surface area contributed by atoms with Gasteiger partial charge in [-0.25, -0.2) is 8.42 Å². The molecule has 2 aromatic heterocycles. The minimum Gasteiger partial charge on any atom is -0.330 e. The molecule has 1 fully saturated rings. The predicted molar refractivity (Wildman–Crippen MR) is 92.6 cm³/mol. The zero-order valence-corrected chi connectivity index (χ0v) is 14.2. The molecule has 1 aliphatic heterocycles. The quantitative estimate of drug-likeness (QED) is 0.785. The van der Waals surface area contributed by atoms with Gasteiger partial charge in [-0.1, -0.05) is 24.3 Å². The minimum absolute atomic E-state index is 0.168. The molecular weight excluding hydrogens is 328 g/mol. The zero-order chi connectivity index (χ0) is 15.9. The van der Waals surface area contributed by atoms with Crippen LogP contribution in [0.4, 0.5) is 0 Å². The standard InChI is InChI=1S/C17H18N2O2S2/c20-23(21,17-9-5-11-22-17)15-12-19(16-8-3-4-10-18-16)14-7-2-1-6-13(14)15/h1-2,5-7,9,11-12,16,18H,3-4,8,10H2. The van der Waals surface area contributed by atoms with Crippen LogP contribution in [0.5, 0.6) is 0 Å². The Morgan fingerprint density at radius 3 is 2.74 bits per heavy atom. The first-order valence-electron chi connectivity index (χ1n) is 7.79. The fourth-order valence-electron chi connectivity index (χ4n) is 3.24. The lowest BCUT2D eigenvalue weighted by molar-refractivity contribution is 0.327. The molecule has 1 unspecified atom stereocenters. The Hall–Kier alpha value is -1.63. The maximum atomic E-state index is 13.0. The molecule has 3 heterocycles. The summed E-state index contributed by atoms with van der Waals surface area (Å²) < 4.78 is 28.5. The second-order valence-electron chi connectivity index (χ2n) is 5.82. The van der Waals surface area contributed by atoms with Gasteiger partial charge in [-0.05, 0) is 43.3 Å². The first kappa shape index (κ1) is 14.9. The van der Waals surface area contributed by atoms with E-state index in [0.717, 1.165) is 30.3 Å². The van der Waals surface area contributed by atoms with E-state index in [9.17, 15) is 8.42 Å². The van der Waals surface area contributed by atoms with Crippen molar-refractivity contribution in [1.29, 1.82) is 0 Å². The summed E-state index contributed by atoms with van der Waals surface area (Å²) in [7, 11) is -3.47. The summed E-state index contributed by atoms with van der Waals surface area (Å²) >= 11 is 1.27. The van der Waals surface area contributed by atoms with Crippen molar-refractivity contribution in [3.8, 4) is 0 Å². The Morgan fingerprint density at radius 1 is 1.13 bits per heavy atom. The van der Waals surface area contributed by atoms with Gasteiger partial charge in [0.2, 0.25) is 9.84 Å². The van der Waals surface area contributed by atoms with Gasteiger partial charge in [-0.2, -0.15) is 0 Å². The number of sulfone groups is 1. The maximum Gasteiger partial charge on any atom is 0.218 e. The SMILES string of the molecule is O=S(=O)(c1cccs1)c1cn(C2CCCCN2)c2ccccc12. The fraction of sp³-hybridized carbons (Fsp3) is 0.294. The van der Waals surface area contributed by atoms with Crippen LogP contribution >= 0.6 is 11.3 Å². The second kappa shape index (κ2) is 5.78. The molecule has 1 aliphatic rings. The van der Waals surface area contributed by atoms with E-state index < -0.39 is 9.84 Å². The number of rotatable bonds is 3. The van der Waals surface area contributed by atoms with E-state index in [0.29, 0.717) is 9.10 Å². The summed E-state index contributed by atoms with van der Waals surface area (Å²) in [5.41, 5.74) is 0.974. The summed E-state index contributed by atoms with van der Waals surface area (Å²) in [6.45, 7) is 0.976. The lowest BCUT2D eigenvalue weighted by Crippen LogP contribution is -2.30. The molecular formula is C17H18N2O2S2. The van der Waals surface area contributed by atoms with Crippen molar-refractivity contribution in [2.75, 3.05) is 6.54 Å². The van der Waals surface area contributed by atoms with Crippen molar-refractivity contribution in [3.63, 3.8) is 0 Å². The van der Waals surface area contributed by atoms with E-state index in [-0.39, 0.29) is 6.17 Å². The molecule has 0 amide bonds. The van der Waals surface area contributed by atoms with Gasteiger partial charge in [0, 0.05) is 11.6 Å². The molecule has 4 rings (SSSR count). The number of hydrogen-bond acceptors (Lipinski definition) is 4. The molecule has 1 N–H and O–H groups in total. The van der Waals surface area contributed by atoms with Gasteiger partial charge in [-0.15, -0.1) is 11.3 Å². The fourth-order valence-corrected chi connectivity index (χ4v) is 5.82. The van der Waals surface area contributed by atoms with Crippen LogP contribution in [0.1, 0.15) is 25.4 Å². The summed E-state index contributed by atoms with van der Waals surface area (Å²) in [5.74, 6) is 0. The minimum atomic E-state index is -3.47. The molecule has 6 heteroatoms. The first-order valence-corrected chi connectivity index (χ1v) is 10.2. The lowest BCUT2D eigenvalue weighted by Gasteiger charge is -2.25. The van der Waals surface area contributed by atoms with E-state index in [4.69, 9.17) is 0 Å². The highest BCUT2D eigenvalue weighted by molar-refractivity contribution is 7.93. The van der Waals surface area contributed by atoms with Gasteiger partial charge < -0.3 is 4.57 Å². The number of hydrogen-bond donors (Lipinski definition) is 1. The molecule has 1 saturated heterocycles. The van der Waals surface area contributed by atoms with Gasteiger partial charge in [0.15, 0.2) is 0 Å². The van der Waals surface area contributed by atoms with Crippen LogP contribution in [0, 0.1) is 0 Å². The summed E-state index contributed by atoms with van der Waals surface area (Å²) in [4.78, 5) is 0.405. The monoisotopic (exact) mass is 346 g/mol. The molecule has 0 radical (unpaired) electrons. The molecule has 0 spiro atoms. The van der Waals surface area contributed by atoms with E-state index in [1.165, 1.54) is 17.8 Å². The van der Waals surface area contributed by atoms with Crippen LogP contribution in [0.15, 0.2) is 57.1 Å². The number of thiophene rings is 1. The first-order chi connectivity index (χ1) is 11.2. The van der Waals surface area contributed by atoms with Crippen LogP contribution in [0.2, 0.25) is 0 Å². The average molecular weight is 346 g/mol. The van der Waals surface area contributed by atoms with Crippen LogP contribution in [-0.4, -0.2) is 19.5 Å². The molecule has 0 saturated carbocycles. The van der Waals surface area contributed by atoms with Gasteiger partial charge in [0.25, 0.3) is 0 Å². The molecule has 1 atom stereocenters. The number of fused-ring (bicyclic) bond motifs is 1. The van der Waals surface area contributed by atoms with Gasteiger partial charge in [-0.3, -0.25) is 5.32 Å². The van der Waals surface area contributed by atoms with Crippen molar-refractivity contribution in [1.82, 2.24) is 9.88 Å².